The van der Waals surface area contributed by atoms with E-state index in [1.807, 2.05) is 42.5 Å². The quantitative estimate of drug-likeness (QED) is 0.176. The number of furan rings is 1. The van der Waals surface area contributed by atoms with Crippen LogP contribution in [0, 0.1) is 0 Å². The third-order valence-corrected chi connectivity index (χ3v) is 9.95. The maximum Gasteiger partial charge on any atom is 0.164 e. The summed E-state index contributed by atoms with van der Waals surface area (Å²) in [4.78, 5) is 14.9. The highest BCUT2D eigenvalue weighted by Crippen LogP contribution is 2.38. The van der Waals surface area contributed by atoms with E-state index in [0.29, 0.717) is 17.5 Å². The highest BCUT2D eigenvalue weighted by molar-refractivity contribution is 6.13. The fourth-order valence-electron chi connectivity index (χ4n) is 7.21. The largest absolute Gasteiger partial charge is 0.456 e. The molecule has 4 nitrogen and oxygen atoms in total. The molecule has 0 aliphatic carbocycles. The Balaban J connectivity index is 0.994. The molecule has 53 heavy (non-hydrogen) atoms. The first-order valence-corrected chi connectivity index (χ1v) is 17.8. The molecule has 0 N–H and O–H groups in total. The molecule has 0 saturated carbocycles. The van der Waals surface area contributed by atoms with Crippen LogP contribution in [-0.2, 0) is 0 Å². The normalized spacial score (nSPS) is 11.4. The molecule has 0 radical (unpaired) electrons. The number of aromatic nitrogens is 3. The highest BCUT2D eigenvalue weighted by Gasteiger charge is 2.15. The van der Waals surface area contributed by atoms with Crippen LogP contribution < -0.4 is 0 Å². The summed E-state index contributed by atoms with van der Waals surface area (Å²) in [6.45, 7) is 0. The van der Waals surface area contributed by atoms with Crippen molar-refractivity contribution in [2.45, 2.75) is 0 Å². The lowest BCUT2D eigenvalue weighted by atomic mass is 9.98. The topological polar surface area (TPSA) is 51.8 Å². The van der Waals surface area contributed by atoms with Crippen molar-refractivity contribution in [3.8, 4) is 67.5 Å². The second-order valence-corrected chi connectivity index (χ2v) is 13.2. The standard InChI is InChI=1S/C49H31N3O/c1-3-11-35(12-4-1)42-16-9-17-44-46(42)43-29-28-41(31-45(43)53-44)34-20-25-38(26-21-34)49-51-47(36-13-5-2-6-14-36)50-48(52-49)37-23-18-33(19-24-37)40-27-22-32-10-7-8-15-39(32)30-40/h1-31H. The van der Waals surface area contributed by atoms with E-state index in [1.165, 1.54) is 27.5 Å². The lowest BCUT2D eigenvalue weighted by Gasteiger charge is -2.10. The maximum atomic E-state index is 6.40. The molecule has 0 spiro atoms. The number of hydrogen-bond acceptors (Lipinski definition) is 4. The minimum absolute atomic E-state index is 0.625. The number of rotatable bonds is 6. The molecule has 8 aromatic carbocycles. The third kappa shape index (κ3) is 5.73. The SMILES string of the molecule is c1ccc(-c2nc(-c3ccc(-c4ccc5ccccc5c4)cc3)nc(-c3ccc(-c4ccc5c(c4)oc4cccc(-c6ccccc6)c45)cc3)n2)cc1. The minimum Gasteiger partial charge on any atom is -0.456 e. The van der Waals surface area contributed by atoms with Crippen LogP contribution >= 0.6 is 0 Å². The molecule has 10 aromatic rings. The molecule has 0 unspecified atom stereocenters. The van der Waals surface area contributed by atoms with E-state index in [4.69, 9.17) is 19.4 Å². The highest BCUT2D eigenvalue weighted by atomic mass is 16.3. The molecule has 0 bridgehead atoms. The maximum absolute atomic E-state index is 6.40. The first kappa shape index (κ1) is 30.6. The molecule has 10 rings (SSSR count). The van der Waals surface area contributed by atoms with Crippen molar-refractivity contribution < 1.29 is 4.42 Å². The first-order chi connectivity index (χ1) is 26.2. The first-order valence-electron chi connectivity index (χ1n) is 17.8. The molecule has 0 aliphatic rings. The zero-order valence-corrected chi connectivity index (χ0v) is 28.6. The Hall–Kier alpha value is -7.17. The average molecular weight is 678 g/mol. The number of nitrogens with zero attached hydrogens (tertiary/aromatic N) is 3. The molecule has 248 valence electrons. The lowest BCUT2D eigenvalue weighted by molar-refractivity contribution is 0.669. The van der Waals surface area contributed by atoms with E-state index in [2.05, 4.69) is 146 Å². The zero-order chi connectivity index (χ0) is 35.1. The summed E-state index contributed by atoms with van der Waals surface area (Å²) in [5, 5.41) is 4.70. The molecule has 0 amide bonds. The van der Waals surface area contributed by atoms with Crippen molar-refractivity contribution in [1.82, 2.24) is 15.0 Å². The van der Waals surface area contributed by atoms with Crippen molar-refractivity contribution in [2.24, 2.45) is 0 Å². The Labute approximate surface area is 306 Å². The smallest absolute Gasteiger partial charge is 0.164 e. The second-order valence-electron chi connectivity index (χ2n) is 13.2. The molecule has 4 heteroatoms. The van der Waals surface area contributed by atoms with Gasteiger partial charge < -0.3 is 4.42 Å². The van der Waals surface area contributed by atoms with Gasteiger partial charge in [-0.05, 0) is 68.4 Å². The molecule has 2 heterocycles. The van der Waals surface area contributed by atoms with Crippen molar-refractivity contribution in [3.63, 3.8) is 0 Å². The van der Waals surface area contributed by atoms with Crippen LogP contribution in [0.2, 0.25) is 0 Å². The average Bonchev–Trinajstić information content (AvgIpc) is 3.62. The second kappa shape index (κ2) is 12.9. The monoisotopic (exact) mass is 677 g/mol. The summed E-state index contributed by atoms with van der Waals surface area (Å²) >= 11 is 0. The summed E-state index contributed by atoms with van der Waals surface area (Å²) in [6.07, 6.45) is 0. The Morgan fingerprint density at radius 2 is 0.792 bits per heavy atom. The number of benzene rings is 8. The van der Waals surface area contributed by atoms with Gasteiger partial charge in [-0.1, -0.05) is 164 Å². The van der Waals surface area contributed by atoms with Gasteiger partial charge in [0.05, 0.1) is 0 Å². The molecular formula is C49H31N3O. The summed E-state index contributed by atoms with van der Waals surface area (Å²) in [5.74, 6) is 1.90. The van der Waals surface area contributed by atoms with Gasteiger partial charge in [0.1, 0.15) is 11.2 Å². The van der Waals surface area contributed by atoms with E-state index in [9.17, 15) is 0 Å². The molecular weight excluding hydrogens is 647 g/mol. The van der Waals surface area contributed by atoms with Crippen LogP contribution in [0.25, 0.3) is 100 Å². The van der Waals surface area contributed by atoms with Crippen molar-refractivity contribution >= 4 is 32.7 Å². The third-order valence-electron chi connectivity index (χ3n) is 9.95. The van der Waals surface area contributed by atoms with Crippen LogP contribution in [0.3, 0.4) is 0 Å². The van der Waals surface area contributed by atoms with Crippen molar-refractivity contribution in [1.29, 1.82) is 0 Å². The van der Waals surface area contributed by atoms with E-state index >= 15 is 0 Å². The van der Waals surface area contributed by atoms with Gasteiger partial charge in [-0.25, -0.2) is 15.0 Å². The molecule has 0 atom stereocenters. The fraction of sp³-hybridized carbons (Fsp3) is 0. The Kier molecular flexibility index (Phi) is 7.43. The number of hydrogen-bond donors (Lipinski definition) is 0. The lowest BCUT2D eigenvalue weighted by Crippen LogP contribution is -2.00. The van der Waals surface area contributed by atoms with Gasteiger partial charge in [0.15, 0.2) is 17.5 Å². The molecule has 0 fully saturated rings. The Bertz CT molecular complexity index is 2910. The van der Waals surface area contributed by atoms with Crippen molar-refractivity contribution in [3.05, 3.63) is 188 Å². The van der Waals surface area contributed by atoms with Gasteiger partial charge in [0.25, 0.3) is 0 Å². The van der Waals surface area contributed by atoms with E-state index in [-0.39, 0.29) is 0 Å². The molecule has 0 aliphatic heterocycles. The van der Waals surface area contributed by atoms with E-state index in [0.717, 1.165) is 55.3 Å². The predicted octanol–water partition coefficient (Wildman–Crippen LogP) is 12.9. The van der Waals surface area contributed by atoms with Gasteiger partial charge >= 0.3 is 0 Å². The number of fused-ring (bicyclic) bond motifs is 4. The van der Waals surface area contributed by atoms with Gasteiger partial charge in [-0.15, -0.1) is 0 Å². The van der Waals surface area contributed by atoms with E-state index in [1.54, 1.807) is 0 Å². The fourth-order valence-corrected chi connectivity index (χ4v) is 7.21. The van der Waals surface area contributed by atoms with E-state index < -0.39 is 0 Å². The van der Waals surface area contributed by atoms with Gasteiger partial charge in [-0.3, -0.25) is 0 Å². The van der Waals surface area contributed by atoms with Gasteiger partial charge in [0, 0.05) is 27.5 Å². The summed E-state index contributed by atoms with van der Waals surface area (Å²) in [7, 11) is 0. The van der Waals surface area contributed by atoms with Crippen LogP contribution in [0.1, 0.15) is 0 Å². The summed E-state index contributed by atoms with van der Waals surface area (Å²) in [6, 6.07) is 65.2. The predicted molar refractivity (Wildman–Crippen MR) is 217 cm³/mol. The molecule has 2 aromatic heterocycles. The van der Waals surface area contributed by atoms with Crippen molar-refractivity contribution in [2.75, 3.05) is 0 Å². The summed E-state index contributed by atoms with van der Waals surface area (Å²) < 4.78 is 6.40. The van der Waals surface area contributed by atoms with Crippen LogP contribution in [0.4, 0.5) is 0 Å². The Morgan fingerprint density at radius 3 is 1.43 bits per heavy atom. The van der Waals surface area contributed by atoms with Gasteiger partial charge in [0.2, 0.25) is 0 Å². The van der Waals surface area contributed by atoms with Crippen LogP contribution in [-0.4, -0.2) is 15.0 Å². The minimum atomic E-state index is 0.625. The zero-order valence-electron chi connectivity index (χ0n) is 28.6. The summed E-state index contributed by atoms with van der Waals surface area (Å²) in [5.41, 5.74) is 11.4. The van der Waals surface area contributed by atoms with Crippen LogP contribution in [0.15, 0.2) is 192 Å². The van der Waals surface area contributed by atoms with Crippen LogP contribution in [0.5, 0.6) is 0 Å². The molecule has 0 saturated heterocycles. The Morgan fingerprint density at radius 1 is 0.302 bits per heavy atom. The van der Waals surface area contributed by atoms with Gasteiger partial charge in [-0.2, -0.15) is 0 Å².